The van der Waals surface area contributed by atoms with Crippen LogP contribution in [0.2, 0.25) is 0 Å². The van der Waals surface area contributed by atoms with E-state index in [1.54, 1.807) is 0 Å². The number of para-hydroxylation sites is 1. The van der Waals surface area contributed by atoms with Gasteiger partial charge in [-0.1, -0.05) is 18.2 Å². The summed E-state index contributed by atoms with van der Waals surface area (Å²) >= 11 is 0. The molecule has 3 heterocycles. The lowest BCUT2D eigenvalue weighted by Gasteiger charge is -2.22. The Kier molecular flexibility index (Phi) is 3.71. The van der Waals surface area contributed by atoms with Gasteiger partial charge >= 0.3 is 0 Å². The van der Waals surface area contributed by atoms with Crippen LogP contribution in [0, 0.1) is 19.8 Å². The molecule has 124 valence electrons. The minimum Gasteiger partial charge on any atom is -0.354 e. The maximum Gasteiger partial charge on any atom is 0.231 e. The number of carbonyl (C=O) groups excluding carboxylic acids is 1. The summed E-state index contributed by atoms with van der Waals surface area (Å²) in [7, 11) is 0. The van der Waals surface area contributed by atoms with E-state index in [0.717, 1.165) is 55.2 Å². The van der Waals surface area contributed by atoms with Crippen molar-refractivity contribution in [1.29, 1.82) is 0 Å². The number of hydrogen-bond donors (Lipinski definition) is 0. The van der Waals surface area contributed by atoms with E-state index in [1.165, 1.54) is 5.56 Å². The fourth-order valence-electron chi connectivity index (χ4n) is 3.64. The van der Waals surface area contributed by atoms with Crippen LogP contribution < -0.4 is 9.80 Å². The Labute approximate surface area is 142 Å². The van der Waals surface area contributed by atoms with Gasteiger partial charge in [-0.25, -0.2) is 0 Å². The van der Waals surface area contributed by atoms with Gasteiger partial charge < -0.3 is 9.80 Å². The molecule has 1 fully saturated rings. The van der Waals surface area contributed by atoms with Crippen molar-refractivity contribution in [1.82, 2.24) is 10.2 Å². The maximum absolute atomic E-state index is 13.0. The lowest BCUT2D eigenvalue weighted by atomic mass is 10.1. The number of rotatable bonds is 2. The van der Waals surface area contributed by atoms with E-state index < -0.39 is 0 Å². The molecule has 2 aliphatic heterocycles. The maximum atomic E-state index is 13.0. The quantitative estimate of drug-likeness (QED) is 0.852. The van der Waals surface area contributed by atoms with Gasteiger partial charge in [-0.15, -0.1) is 5.10 Å². The van der Waals surface area contributed by atoms with Gasteiger partial charge in [-0.05, 0) is 49.9 Å². The van der Waals surface area contributed by atoms with Crippen LogP contribution in [0.5, 0.6) is 0 Å². The Morgan fingerprint density at radius 1 is 1.17 bits per heavy atom. The molecule has 0 aliphatic carbocycles. The highest BCUT2D eigenvalue weighted by Crippen LogP contribution is 2.31. The number of aromatic nitrogens is 2. The fraction of sp³-hybridized carbons (Fsp3) is 0.421. The summed E-state index contributed by atoms with van der Waals surface area (Å²) in [4.78, 5) is 17.1. The molecule has 0 spiro atoms. The Bertz CT molecular complexity index is 789. The van der Waals surface area contributed by atoms with Gasteiger partial charge in [-0.2, -0.15) is 5.10 Å². The average Bonchev–Trinajstić information content (AvgIpc) is 3.24. The van der Waals surface area contributed by atoms with Gasteiger partial charge in [0.25, 0.3) is 0 Å². The molecule has 1 aromatic carbocycles. The highest BCUT2D eigenvalue weighted by atomic mass is 16.2. The molecule has 2 aliphatic rings. The Hall–Kier alpha value is -2.43. The number of carbonyl (C=O) groups is 1. The molecule has 1 atom stereocenters. The third-order valence-corrected chi connectivity index (χ3v) is 5.23. The van der Waals surface area contributed by atoms with Crippen molar-refractivity contribution in [2.24, 2.45) is 5.92 Å². The molecule has 0 N–H and O–H groups in total. The van der Waals surface area contributed by atoms with E-state index in [4.69, 9.17) is 0 Å². The van der Waals surface area contributed by atoms with Gasteiger partial charge in [0.05, 0.1) is 11.6 Å². The number of amides is 1. The van der Waals surface area contributed by atoms with Crippen LogP contribution in [0.25, 0.3) is 0 Å². The van der Waals surface area contributed by atoms with Crippen LogP contribution in [0.4, 0.5) is 11.5 Å². The Morgan fingerprint density at radius 3 is 2.83 bits per heavy atom. The summed E-state index contributed by atoms with van der Waals surface area (Å²) in [6.45, 7) is 6.41. The van der Waals surface area contributed by atoms with Gasteiger partial charge in [0, 0.05) is 25.3 Å². The largest absolute Gasteiger partial charge is 0.354 e. The summed E-state index contributed by atoms with van der Waals surface area (Å²) in [5.41, 5.74) is 4.47. The van der Waals surface area contributed by atoms with E-state index in [-0.39, 0.29) is 11.8 Å². The zero-order chi connectivity index (χ0) is 16.7. The Balaban J connectivity index is 1.49. The second-order valence-electron chi connectivity index (χ2n) is 6.77. The van der Waals surface area contributed by atoms with Crippen LogP contribution >= 0.6 is 0 Å². The molecule has 1 aromatic heterocycles. The first-order valence-corrected chi connectivity index (χ1v) is 8.58. The number of benzene rings is 1. The molecule has 0 saturated carbocycles. The topological polar surface area (TPSA) is 49.3 Å². The van der Waals surface area contributed by atoms with Crippen molar-refractivity contribution in [3.8, 4) is 0 Å². The second-order valence-corrected chi connectivity index (χ2v) is 6.77. The summed E-state index contributed by atoms with van der Waals surface area (Å²) in [6, 6.07) is 10.3. The van der Waals surface area contributed by atoms with Gasteiger partial charge in [-0.3, -0.25) is 4.79 Å². The first kappa shape index (κ1) is 15.1. The van der Waals surface area contributed by atoms with Crippen LogP contribution in [-0.2, 0) is 11.2 Å². The van der Waals surface area contributed by atoms with Gasteiger partial charge in [0.15, 0.2) is 5.82 Å². The minimum atomic E-state index is 0.0413. The number of aryl methyl sites for hydroxylation is 2. The van der Waals surface area contributed by atoms with Crippen molar-refractivity contribution in [2.45, 2.75) is 26.7 Å². The third kappa shape index (κ3) is 2.54. The molecular formula is C19H22N4O. The van der Waals surface area contributed by atoms with Crippen LogP contribution in [0.1, 0.15) is 23.2 Å². The van der Waals surface area contributed by atoms with E-state index in [0.29, 0.717) is 0 Å². The number of fused-ring (bicyclic) bond motifs is 1. The molecule has 1 saturated heterocycles. The lowest BCUT2D eigenvalue weighted by molar-refractivity contribution is -0.121. The molecule has 2 aromatic rings. The average molecular weight is 322 g/mol. The van der Waals surface area contributed by atoms with Gasteiger partial charge in [0.2, 0.25) is 5.91 Å². The van der Waals surface area contributed by atoms with Gasteiger partial charge in [0.1, 0.15) is 0 Å². The van der Waals surface area contributed by atoms with Crippen molar-refractivity contribution in [2.75, 3.05) is 29.4 Å². The molecule has 24 heavy (non-hydrogen) atoms. The highest BCUT2D eigenvalue weighted by molar-refractivity contribution is 5.97. The second kappa shape index (κ2) is 5.89. The molecule has 1 amide bonds. The van der Waals surface area contributed by atoms with Crippen LogP contribution in [0.15, 0.2) is 30.3 Å². The van der Waals surface area contributed by atoms with Crippen molar-refractivity contribution >= 4 is 17.4 Å². The van der Waals surface area contributed by atoms with Crippen molar-refractivity contribution in [3.05, 3.63) is 47.2 Å². The van der Waals surface area contributed by atoms with Crippen LogP contribution in [-0.4, -0.2) is 35.7 Å². The summed E-state index contributed by atoms with van der Waals surface area (Å²) in [5, 5.41) is 8.51. The van der Waals surface area contributed by atoms with Crippen LogP contribution in [0.3, 0.4) is 0 Å². The summed E-state index contributed by atoms with van der Waals surface area (Å²) < 4.78 is 0. The van der Waals surface area contributed by atoms with E-state index in [9.17, 15) is 4.79 Å². The highest BCUT2D eigenvalue weighted by Gasteiger charge is 2.35. The molecule has 4 rings (SSSR count). The molecule has 1 unspecified atom stereocenters. The monoisotopic (exact) mass is 322 g/mol. The standard InChI is InChI=1S/C19H22N4O/c1-13-11-18(21-20-14(13)2)22-9-7-16(12-22)19(24)23-10-8-15-5-3-4-6-17(15)23/h3-6,11,16H,7-10,12H2,1-2H3. The summed E-state index contributed by atoms with van der Waals surface area (Å²) in [6.07, 6.45) is 1.84. The van der Waals surface area contributed by atoms with E-state index in [2.05, 4.69) is 33.3 Å². The fourth-order valence-corrected chi connectivity index (χ4v) is 3.64. The van der Waals surface area contributed by atoms with E-state index in [1.807, 2.05) is 30.9 Å². The number of nitrogens with zero attached hydrogens (tertiary/aromatic N) is 4. The SMILES string of the molecule is Cc1cc(N2CCC(C(=O)N3CCc4ccccc43)C2)nnc1C. The molecule has 5 nitrogen and oxygen atoms in total. The number of anilines is 2. The molecular weight excluding hydrogens is 300 g/mol. The summed E-state index contributed by atoms with van der Waals surface area (Å²) in [5.74, 6) is 1.18. The predicted octanol–water partition coefficient (Wildman–Crippen LogP) is 2.51. The minimum absolute atomic E-state index is 0.0413. The first-order chi connectivity index (χ1) is 11.6. The lowest BCUT2D eigenvalue weighted by Crippen LogP contribution is -2.36. The molecule has 0 radical (unpaired) electrons. The predicted molar refractivity (Wildman–Crippen MR) is 94.3 cm³/mol. The van der Waals surface area contributed by atoms with E-state index >= 15 is 0 Å². The molecule has 5 heteroatoms. The smallest absolute Gasteiger partial charge is 0.231 e. The Morgan fingerprint density at radius 2 is 2.00 bits per heavy atom. The zero-order valence-electron chi connectivity index (χ0n) is 14.2. The third-order valence-electron chi connectivity index (χ3n) is 5.23. The first-order valence-electron chi connectivity index (χ1n) is 8.58. The van der Waals surface area contributed by atoms with Crippen molar-refractivity contribution in [3.63, 3.8) is 0 Å². The zero-order valence-corrected chi connectivity index (χ0v) is 14.2. The normalized spacial score (nSPS) is 19.7. The number of hydrogen-bond acceptors (Lipinski definition) is 4. The molecule has 0 bridgehead atoms. The van der Waals surface area contributed by atoms with Crippen molar-refractivity contribution < 1.29 is 4.79 Å².